The predicted octanol–water partition coefficient (Wildman–Crippen LogP) is 1.95. The van der Waals surface area contributed by atoms with E-state index in [-0.39, 0.29) is 0 Å². The Bertz CT molecular complexity index is 322. The zero-order chi connectivity index (χ0) is 10.7. The van der Waals surface area contributed by atoms with Crippen molar-refractivity contribution in [2.75, 3.05) is 20.1 Å². The molecule has 2 heteroatoms. The van der Waals surface area contributed by atoms with Gasteiger partial charge in [0.15, 0.2) is 0 Å². The maximum Gasteiger partial charge on any atom is 0.0348 e. The first-order valence-electron chi connectivity index (χ1n) is 5.81. The lowest BCUT2D eigenvalue weighted by Crippen LogP contribution is -2.32. The first-order chi connectivity index (χ1) is 7.33. The second kappa shape index (κ2) is 4.77. The third kappa shape index (κ3) is 2.21. The number of benzene rings is 1. The molecule has 0 bridgehead atoms. The Morgan fingerprint density at radius 3 is 3.00 bits per heavy atom. The van der Waals surface area contributed by atoms with Crippen LogP contribution in [0.1, 0.15) is 30.0 Å². The average Bonchev–Trinajstić information content (AvgIpc) is 2.28. The molecule has 0 aliphatic carbocycles. The minimum absolute atomic E-state index is 0.582. The first-order valence-corrected chi connectivity index (χ1v) is 5.81. The van der Waals surface area contributed by atoms with E-state index in [2.05, 4.69) is 36.2 Å². The SMILES string of the molecule is CN1CCc2ccccc2C1CCCN. The molecule has 1 aliphatic rings. The van der Waals surface area contributed by atoms with Gasteiger partial charge in [0.25, 0.3) is 0 Å². The van der Waals surface area contributed by atoms with Crippen LogP contribution < -0.4 is 5.73 Å². The van der Waals surface area contributed by atoms with Crippen molar-refractivity contribution in [3.05, 3.63) is 35.4 Å². The summed E-state index contributed by atoms with van der Waals surface area (Å²) in [6, 6.07) is 9.40. The molecular formula is C13H20N2. The lowest BCUT2D eigenvalue weighted by atomic mass is 9.90. The molecule has 1 atom stereocenters. The predicted molar refractivity (Wildman–Crippen MR) is 63.8 cm³/mol. The summed E-state index contributed by atoms with van der Waals surface area (Å²) < 4.78 is 0. The standard InChI is InChI=1S/C13H20N2/c1-15-10-8-11-5-2-3-6-12(11)13(15)7-4-9-14/h2-3,5-6,13H,4,7-10,14H2,1H3. The van der Waals surface area contributed by atoms with Gasteiger partial charge < -0.3 is 5.73 Å². The Morgan fingerprint density at radius 1 is 1.40 bits per heavy atom. The van der Waals surface area contributed by atoms with Gasteiger partial charge >= 0.3 is 0 Å². The molecule has 1 heterocycles. The van der Waals surface area contributed by atoms with Crippen LogP contribution in [0.15, 0.2) is 24.3 Å². The highest BCUT2D eigenvalue weighted by molar-refractivity contribution is 5.32. The van der Waals surface area contributed by atoms with Crippen molar-refractivity contribution < 1.29 is 0 Å². The molecule has 0 saturated carbocycles. The van der Waals surface area contributed by atoms with Crippen molar-refractivity contribution in [2.45, 2.75) is 25.3 Å². The molecule has 2 N–H and O–H groups in total. The molecule has 1 aromatic carbocycles. The Morgan fingerprint density at radius 2 is 2.20 bits per heavy atom. The molecule has 1 unspecified atom stereocenters. The Balaban J connectivity index is 2.21. The summed E-state index contributed by atoms with van der Waals surface area (Å²) in [6.07, 6.45) is 3.49. The highest BCUT2D eigenvalue weighted by Gasteiger charge is 2.23. The van der Waals surface area contributed by atoms with Crippen molar-refractivity contribution in [3.63, 3.8) is 0 Å². The molecule has 0 saturated heterocycles. The Hall–Kier alpha value is -0.860. The zero-order valence-electron chi connectivity index (χ0n) is 9.45. The van der Waals surface area contributed by atoms with E-state index in [0.29, 0.717) is 6.04 Å². The molecule has 1 aromatic rings. The van der Waals surface area contributed by atoms with Crippen LogP contribution in [0.5, 0.6) is 0 Å². The van der Waals surface area contributed by atoms with Crippen LogP contribution in [0.25, 0.3) is 0 Å². The quantitative estimate of drug-likeness (QED) is 0.815. The van der Waals surface area contributed by atoms with E-state index in [4.69, 9.17) is 5.73 Å². The third-order valence-corrected chi connectivity index (χ3v) is 3.36. The van der Waals surface area contributed by atoms with E-state index in [1.54, 1.807) is 0 Å². The highest BCUT2D eigenvalue weighted by Crippen LogP contribution is 2.31. The van der Waals surface area contributed by atoms with Gasteiger partial charge in [-0.1, -0.05) is 24.3 Å². The smallest absolute Gasteiger partial charge is 0.0348 e. The number of hydrogen-bond donors (Lipinski definition) is 1. The van der Waals surface area contributed by atoms with Crippen molar-refractivity contribution in [3.8, 4) is 0 Å². The molecule has 1 aliphatic heterocycles. The number of nitrogens with zero attached hydrogens (tertiary/aromatic N) is 1. The third-order valence-electron chi connectivity index (χ3n) is 3.36. The van der Waals surface area contributed by atoms with Gasteiger partial charge in [0.05, 0.1) is 0 Å². The van der Waals surface area contributed by atoms with E-state index in [1.165, 1.54) is 30.5 Å². The molecule has 0 fully saturated rings. The van der Waals surface area contributed by atoms with Crippen molar-refractivity contribution in [1.29, 1.82) is 0 Å². The summed E-state index contributed by atoms with van der Waals surface area (Å²) in [5.41, 5.74) is 8.63. The van der Waals surface area contributed by atoms with Crippen LogP contribution in [0.3, 0.4) is 0 Å². The molecule has 2 nitrogen and oxygen atoms in total. The molecule has 82 valence electrons. The molecule has 0 amide bonds. The van der Waals surface area contributed by atoms with Crippen LogP contribution in [0.2, 0.25) is 0 Å². The normalized spacial score (nSPS) is 21.3. The van der Waals surface area contributed by atoms with Crippen molar-refractivity contribution >= 4 is 0 Å². The maximum atomic E-state index is 5.59. The second-order valence-electron chi connectivity index (χ2n) is 4.38. The van der Waals surface area contributed by atoms with Gasteiger partial charge in [0, 0.05) is 12.6 Å². The summed E-state index contributed by atoms with van der Waals surface area (Å²) in [7, 11) is 2.22. The lowest BCUT2D eigenvalue weighted by Gasteiger charge is -2.34. The van der Waals surface area contributed by atoms with E-state index in [9.17, 15) is 0 Å². The van der Waals surface area contributed by atoms with Gasteiger partial charge in [-0.3, -0.25) is 4.90 Å². The van der Waals surface area contributed by atoms with Crippen LogP contribution in [0.4, 0.5) is 0 Å². The molecule has 0 spiro atoms. The van der Waals surface area contributed by atoms with E-state index in [0.717, 1.165) is 13.0 Å². The van der Waals surface area contributed by atoms with Crippen LogP contribution in [0, 0.1) is 0 Å². The number of nitrogens with two attached hydrogens (primary N) is 1. The number of rotatable bonds is 3. The minimum atomic E-state index is 0.582. The summed E-state index contributed by atoms with van der Waals surface area (Å²) in [5, 5.41) is 0. The maximum absolute atomic E-state index is 5.59. The van der Waals surface area contributed by atoms with Crippen molar-refractivity contribution in [1.82, 2.24) is 4.90 Å². The van der Waals surface area contributed by atoms with E-state index >= 15 is 0 Å². The second-order valence-corrected chi connectivity index (χ2v) is 4.38. The number of hydrogen-bond acceptors (Lipinski definition) is 2. The van der Waals surface area contributed by atoms with E-state index < -0.39 is 0 Å². The van der Waals surface area contributed by atoms with Gasteiger partial charge in [-0.2, -0.15) is 0 Å². The van der Waals surface area contributed by atoms with Gasteiger partial charge in [-0.05, 0) is 44.0 Å². The van der Waals surface area contributed by atoms with Gasteiger partial charge in [-0.15, -0.1) is 0 Å². The largest absolute Gasteiger partial charge is 0.330 e. The molecule has 2 rings (SSSR count). The lowest BCUT2D eigenvalue weighted by molar-refractivity contribution is 0.217. The number of fused-ring (bicyclic) bond motifs is 1. The first kappa shape index (κ1) is 10.7. The van der Waals surface area contributed by atoms with Crippen LogP contribution in [-0.4, -0.2) is 25.0 Å². The monoisotopic (exact) mass is 204 g/mol. The fourth-order valence-corrected chi connectivity index (χ4v) is 2.46. The fourth-order valence-electron chi connectivity index (χ4n) is 2.46. The highest BCUT2D eigenvalue weighted by atomic mass is 15.1. The average molecular weight is 204 g/mol. The zero-order valence-corrected chi connectivity index (χ0v) is 9.45. The molecular weight excluding hydrogens is 184 g/mol. The van der Waals surface area contributed by atoms with Gasteiger partial charge in [-0.25, -0.2) is 0 Å². The Labute approximate surface area is 92.1 Å². The summed E-state index contributed by atoms with van der Waals surface area (Å²) in [6.45, 7) is 1.97. The van der Waals surface area contributed by atoms with E-state index in [1.807, 2.05) is 0 Å². The van der Waals surface area contributed by atoms with Gasteiger partial charge in [0.2, 0.25) is 0 Å². The van der Waals surface area contributed by atoms with Crippen LogP contribution in [-0.2, 0) is 6.42 Å². The van der Waals surface area contributed by atoms with Crippen molar-refractivity contribution in [2.24, 2.45) is 5.73 Å². The summed E-state index contributed by atoms with van der Waals surface area (Å²) in [5.74, 6) is 0. The van der Waals surface area contributed by atoms with Gasteiger partial charge in [0.1, 0.15) is 0 Å². The summed E-state index contributed by atoms with van der Waals surface area (Å²) >= 11 is 0. The minimum Gasteiger partial charge on any atom is -0.330 e. The number of likely N-dealkylation sites (N-methyl/N-ethyl adjacent to an activating group) is 1. The Kier molecular flexibility index (Phi) is 3.39. The topological polar surface area (TPSA) is 29.3 Å². The molecule has 0 radical (unpaired) electrons. The molecule has 15 heavy (non-hydrogen) atoms. The fraction of sp³-hybridized carbons (Fsp3) is 0.538. The summed E-state index contributed by atoms with van der Waals surface area (Å²) in [4.78, 5) is 2.46. The molecule has 0 aromatic heterocycles. The van der Waals surface area contributed by atoms with Crippen LogP contribution >= 0.6 is 0 Å².